The fourth-order valence-electron chi connectivity index (χ4n) is 8.61. The van der Waals surface area contributed by atoms with Gasteiger partial charge in [0.15, 0.2) is 0 Å². The molecule has 0 aromatic rings. The van der Waals surface area contributed by atoms with Gasteiger partial charge in [0.2, 0.25) is 0 Å². The predicted molar refractivity (Wildman–Crippen MR) is 239 cm³/mol. The van der Waals surface area contributed by atoms with Crippen molar-refractivity contribution < 1.29 is 4.43 Å². The van der Waals surface area contributed by atoms with Crippen molar-refractivity contribution >= 4 is 10.5 Å². The molecule has 0 saturated heterocycles. The average molecular weight is 735 g/mol. The molecule has 0 rings (SSSR count). The van der Waals surface area contributed by atoms with E-state index in [2.05, 4.69) is 20.8 Å². The molecule has 0 aliphatic rings. The lowest BCUT2D eigenvalue weighted by molar-refractivity contribution is 0.0422. The van der Waals surface area contributed by atoms with Gasteiger partial charge in [-0.3, -0.25) is 0 Å². The third kappa shape index (κ3) is 39.7. The summed E-state index contributed by atoms with van der Waals surface area (Å²) in [6.07, 6.45) is 65.0. The zero-order valence-electron chi connectivity index (χ0n) is 36.7. The second-order valence-electron chi connectivity index (χ2n) is 17.4. The van der Waals surface area contributed by atoms with Crippen LogP contribution in [0.25, 0.3) is 0 Å². The number of unbranched alkanes of at least 4 members (excludes halogenated alkanes) is 39. The minimum atomic E-state index is 0.220. The Kier molecular flexibility index (Phi) is 44.7. The molecule has 0 spiro atoms. The molecule has 0 aromatic heterocycles. The summed E-state index contributed by atoms with van der Waals surface area (Å²) in [4.78, 5) is 0. The number of hydrogen-bond donors (Lipinski definition) is 0. The van der Waals surface area contributed by atoms with Gasteiger partial charge in [0.25, 0.3) is 0 Å². The fraction of sp³-hybridized carbons (Fsp3) is 1.00. The number of rotatable bonds is 46. The highest BCUT2D eigenvalue weighted by Gasteiger charge is 2.27. The van der Waals surface area contributed by atoms with Gasteiger partial charge in [-0.05, 0) is 19.3 Å². The van der Waals surface area contributed by atoms with Gasteiger partial charge in [-0.25, -0.2) is 0 Å². The maximum Gasteiger partial charge on any atom is 0.146 e. The van der Waals surface area contributed by atoms with Crippen molar-refractivity contribution in [3.8, 4) is 0 Å². The van der Waals surface area contributed by atoms with E-state index < -0.39 is 0 Å². The summed E-state index contributed by atoms with van der Waals surface area (Å²) in [7, 11) is 0.909. The van der Waals surface area contributed by atoms with E-state index in [1.54, 1.807) is 0 Å². The Labute approximate surface area is 329 Å². The first-order chi connectivity index (χ1) is 25.2. The van der Waals surface area contributed by atoms with Gasteiger partial charge in [0.1, 0.15) is 10.5 Å². The van der Waals surface area contributed by atoms with Crippen molar-refractivity contribution in [2.45, 2.75) is 315 Å². The van der Waals surface area contributed by atoms with E-state index in [1.807, 2.05) is 0 Å². The largest absolute Gasteiger partial charge is 0.422 e. The van der Waals surface area contributed by atoms with E-state index in [4.69, 9.17) is 4.43 Å². The fourth-order valence-corrected chi connectivity index (χ4v) is 9.22. The van der Waals surface area contributed by atoms with Crippen molar-refractivity contribution in [2.75, 3.05) is 0 Å². The minimum absolute atomic E-state index is 0.220. The Morgan fingerprint density at radius 3 is 0.510 bits per heavy atom. The first kappa shape index (κ1) is 51.2. The molecule has 0 radical (unpaired) electrons. The predicted octanol–water partition coefficient (Wildman–Crippen LogP) is 17.6. The van der Waals surface area contributed by atoms with Crippen LogP contribution in [-0.4, -0.2) is 16.1 Å². The Hall–Kier alpha value is 0.177. The molecule has 0 atom stereocenters. The van der Waals surface area contributed by atoms with Gasteiger partial charge in [-0.15, -0.1) is 0 Å². The molecule has 0 unspecified atom stereocenters. The summed E-state index contributed by atoms with van der Waals surface area (Å²) in [6, 6.07) is 0. The monoisotopic (exact) mass is 735 g/mol. The Balaban J connectivity index is 4.20. The molecule has 0 N–H and O–H groups in total. The summed E-state index contributed by atoms with van der Waals surface area (Å²) in [6.45, 7) is 6.95. The Morgan fingerprint density at radius 2 is 0.373 bits per heavy atom. The van der Waals surface area contributed by atoms with Crippen LogP contribution in [0.15, 0.2) is 0 Å². The molecule has 1 nitrogen and oxygen atoms in total. The highest BCUT2D eigenvalue weighted by atomic mass is 28.2. The van der Waals surface area contributed by atoms with Crippen LogP contribution >= 0.6 is 0 Å². The van der Waals surface area contributed by atoms with Crippen molar-refractivity contribution in [1.82, 2.24) is 0 Å². The van der Waals surface area contributed by atoms with Crippen LogP contribution in [-0.2, 0) is 4.43 Å². The quantitative estimate of drug-likeness (QED) is 0.0447. The second kappa shape index (κ2) is 44.6. The molecule has 0 fully saturated rings. The smallest absolute Gasteiger partial charge is 0.146 e. The Bertz CT molecular complexity index is 526. The van der Waals surface area contributed by atoms with Crippen LogP contribution in [0, 0.1) is 0 Å². The molecule has 51 heavy (non-hydrogen) atoms. The highest BCUT2D eigenvalue weighted by Crippen LogP contribution is 2.32. The van der Waals surface area contributed by atoms with Crippen LogP contribution in [0.2, 0.25) is 0 Å². The van der Waals surface area contributed by atoms with Crippen LogP contribution in [0.3, 0.4) is 0 Å². The third-order valence-electron chi connectivity index (χ3n) is 12.4. The molecule has 0 aromatic carbocycles. The molecule has 308 valence electrons. The maximum absolute atomic E-state index is 6.62. The van der Waals surface area contributed by atoms with E-state index >= 15 is 0 Å². The zero-order chi connectivity index (χ0) is 37.0. The van der Waals surface area contributed by atoms with Gasteiger partial charge in [-0.2, -0.15) is 0 Å². The molecule has 0 aliphatic carbocycles. The molecule has 2 heteroatoms. The highest BCUT2D eigenvalue weighted by molar-refractivity contribution is 5.98. The molecule has 0 heterocycles. The first-order valence-corrected chi connectivity index (χ1v) is 25.6. The summed E-state index contributed by atoms with van der Waals surface area (Å²) >= 11 is 0. The lowest BCUT2D eigenvalue weighted by Crippen LogP contribution is -2.32. The maximum atomic E-state index is 6.62. The van der Waals surface area contributed by atoms with Crippen LogP contribution in [0.4, 0.5) is 0 Å². The van der Waals surface area contributed by atoms with Gasteiger partial charge in [0.05, 0.1) is 5.60 Å². The van der Waals surface area contributed by atoms with Crippen LogP contribution < -0.4 is 0 Å². The third-order valence-corrected chi connectivity index (χ3v) is 13.3. The summed E-state index contributed by atoms with van der Waals surface area (Å²) in [5.74, 6) is 0. The normalized spacial score (nSPS) is 12.1. The second-order valence-corrected chi connectivity index (χ2v) is 17.8. The zero-order valence-corrected chi connectivity index (χ0v) is 38.7. The average Bonchev–Trinajstić information content (AvgIpc) is 3.14. The summed E-state index contributed by atoms with van der Waals surface area (Å²) in [5.41, 5.74) is 0.220. The molecular formula is C49H102OSi. The minimum Gasteiger partial charge on any atom is -0.422 e. The van der Waals surface area contributed by atoms with E-state index in [0.717, 1.165) is 10.5 Å². The summed E-state index contributed by atoms with van der Waals surface area (Å²) in [5, 5.41) is 0. The summed E-state index contributed by atoms with van der Waals surface area (Å²) < 4.78 is 6.62. The van der Waals surface area contributed by atoms with Crippen LogP contribution in [0.5, 0.6) is 0 Å². The van der Waals surface area contributed by atoms with E-state index in [0.29, 0.717) is 0 Å². The van der Waals surface area contributed by atoms with E-state index in [1.165, 1.54) is 289 Å². The molecule has 0 bridgehead atoms. The van der Waals surface area contributed by atoms with Crippen molar-refractivity contribution in [3.63, 3.8) is 0 Å². The topological polar surface area (TPSA) is 9.23 Å². The molecule has 0 aliphatic heterocycles. The molecular weight excluding hydrogens is 633 g/mol. The van der Waals surface area contributed by atoms with Gasteiger partial charge in [0, 0.05) is 0 Å². The van der Waals surface area contributed by atoms with E-state index in [-0.39, 0.29) is 5.60 Å². The number of hydrogen-bond acceptors (Lipinski definition) is 1. The van der Waals surface area contributed by atoms with Crippen molar-refractivity contribution in [3.05, 3.63) is 0 Å². The van der Waals surface area contributed by atoms with E-state index in [9.17, 15) is 0 Å². The lowest BCUT2D eigenvalue weighted by atomic mass is 9.85. The van der Waals surface area contributed by atoms with Gasteiger partial charge < -0.3 is 4.43 Å². The van der Waals surface area contributed by atoms with Crippen LogP contribution in [0.1, 0.15) is 310 Å². The lowest BCUT2D eigenvalue weighted by Gasteiger charge is -2.34. The molecule has 0 amide bonds. The Morgan fingerprint density at radius 1 is 0.235 bits per heavy atom. The van der Waals surface area contributed by atoms with Gasteiger partial charge in [-0.1, -0.05) is 290 Å². The first-order valence-electron chi connectivity index (χ1n) is 24.8. The standard InChI is InChI=1S/C49H102OSi/c1-4-7-10-13-16-19-22-25-28-31-34-37-40-43-46-49(50-51,47-44-41-38-35-32-29-26-23-20-17-14-11-8-5-2)48-45-42-39-36-33-30-27-24-21-18-15-12-9-6-3/h4-48H2,1-3,51H3. The van der Waals surface area contributed by atoms with Gasteiger partial charge >= 0.3 is 0 Å². The van der Waals surface area contributed by atoms with Crippen molar-refractivity contribution in [1.29, 1.82) is 0 Å². The molecule has 0 saturated carbocycles. The van der Waals surface area contributed by atoms with Crippen molar-refractivity contribution in [2.24, 2.45) is 0 Å². The SMILES string of the molecule is CCCCCCCCCCCCCCCCC(CCCCCCCCCCCCCCCC)(CCCCCCCCCCCCCCCC)O[SiH3].